The van der Waals surface area contributed by atoms with Crippen molar-refractivity contribution in [1.29, 1.82) is 0 Å². The number of hydrogen-bond donors (Lipinski definition) is 0. The summed E-state index contributed by atoms with van der Waals surface area (Å²) in [4.78, 5) is 15.0. The molecule has 18 heavy (non-hydrogen) atoms. The molecule has 0 N–H and O–H groups in total. The first-order valence-corrected chi connectivity index (χ1v) is 6.62. The van der Waals surface area contributed by atoms with Crippen LogP contribution in [0, 0.1) is 0 Å². The normalized spacial score (nSPS) is 10.7. The van der Waals surface area contributed by atoms with Gasteiger partial charge in [-0.1, -0.05) is 42.5 Å². The number of carbonyl (C=O) groups excluding carboxylic acids is 1. The Kier molecular flexibility index (Phi) is 2.90. The zero-order chi connectivity index (χ0) is 12.4. The fourth-order valence-corrected chi connectivity index (χ4v) is 2.79. The lowest BCUT2D eigenvalue weighted by Gasteiger charge is -2.03. The number of thiazole rings is 1. The molecule has 0 unspecified atom stereocenters. The summed E-state index contributed by atoms with van der Waals surface area (Å²) in [6.45, 7) is 0. The smallest absolute Gasteiger partial charge is 0.126 e. The van der Waals surface area contributed by atoms with Crippen LogP contribution < -0.4 is 0 Å². The molecule has 0 spiro atoms. The maximum Gasteiger partial charge on any atom is 0.126 e. The van der Waals surface area contributed by atoms with Crippen LogP contribution in [0.4, 0.5) is 0 Å². The van der Waals surface area contributed by atoms with E-state index in [0.29, 0.717) is 6.42 Å². The van der Waals surface area contributed by atoms with Crippen molar-refractivity contribution in [3.8, 4) is 11.3 Å². The first kappa shape index (κ1) is 11.1. The van der Waals surface area contributed by atoms with E-state index >= 15 is 0 Å². The van der Waals surface area contributed by atoms with E-state index in [1.165, 1.54) is 22.1 Å². The van der Waals surface area contributed by atoms with Crippen molar-refractivity contribution in [3.63, 3.8) is 0 Å². The molecule has 3 heteroatoms. The number of rotatable bonds is 3. The molecule has 0 aliphatic carbocycles. The Morgan fingerprint density at radius 2 is 1.94 bits per heavy atom. The van der Waals surface area contributed by atoms with Gasteiger partial charge in [0.15, 0.2) is 0 Å². The third-order valence-corrected chi connectivity index (χ3v) is 3.75. The molecule has 0 aliphatic rings. The Morgan fingerprint density at radius 1 is 1.11 bits per heavy atom. The fraction of sp³-hybridized carbons (Fsp3) is 0.0667. The Balaban J connectivity index is 2.15. The molecular weight excluding hydrogens is 242 g/mol. The van der Waals surface area contributed by atoms with Gasteiger partial charge < -0.3 is 4.79 Å². The van der Waals surface area contributed by atoms with Crippen molar-refractivity contribution in [1.82, 2.24) is 4.98 Å². The summed E-state index contributed by atoms with van der Waals surface area (Å²) in [5.41, 5.74) is 2.08. The molecule has 2 aromatic carbocycles. The monoisotopic (exact) mass is 253 g/mol. The Hall–Kier alpha value is -2.00. The van der Waals surface area contributed by atoms with Crippen molar-refractivity contribution in [2.24, 2.45) is 0 Å². The minimum atomic E-state index is 0.398. The van der Waals surface area contributed by atoms with Crippen LogP contribution in [0.5, 0.6) is 0 Å². The van der Waals surface area contributed by atoms with Crippen molar-refractivity contribution in [3.05, 3.63) is 52.9 Å². The summed E-state index contributed by atoms with van der Waals surface area (Å²) < 4.78 is 0. The van der Waals surface area contributed by atoms with Gasteiger partial charge in [0.05, 0.1) is 12.1 Å². The second-order valence-corrected chi connectivity index (χ2v) is 4.97. The maximum absolute atomic E-state index is 10.5. The standard InChI is InChI=1S/C15H11NOS/c17-9-8-15-16-14(10-18-15)13-7-3-5-11-4-1-2-6-12(11)13/h1-7,9-10H,8H2. The number of carbonyl (C=O) groups is 1. The van der Waals surface area contributed by atoms with Gasteiger partial charge in [-0.3, -0.25) is 0 Å². The minimum Gasteiger partial charge on any atom is -0.303 e. The highest BCUT2D eigenvalue weighted by atomic mass is 32.1. The Morgan fingerprint density at radius 3 is 2.83 bits per heavy atom. The number of benzene rings is 2. The van der Waals surface area contributed by atoms with Crippen LogP contribution in [0.2, 0.25) is 0 Å². The molecule has 0 saturated carbocycles. The molecule has 0 aliphatic heterocycles. The van der Waals surface area contributed by atoms with Gasteiger partial charge in [-0.15, -0.1) is 11.3 Å². The molecule has 0 bridgehead atoms. The topological polar surface area (TPSA) is 30.0 Å². The molecule has 0 fully saturated rings. The molecule has 2 nitrogen and oxygen atoms in total. The van der Waals surface area contributed by atoms with Gasteiger partial charge in [-0.25, -0.2) is 4.98 Å². The van der Waals surface area contributed by atoms with Crippen LogP contribution in [-0.4, -0.2) is 11.3 Å². The Labute approximate surface area is 109 Å². The third kappa shape index (κ3) is 1.93. The highest BCUT2D eigenvalue weighted by Crippen LogP contribution is 2.29. The molecule has 0 radical (unpaired) electrons. The van der Waals surface area contributed by atoms with Gasteiger partial charge in [0.25, 0.3) is 0 Å². The van der Waals surface area contributed by atoms with Gasteiger partial charge in [0.2, 0.25) is 0 Å². The molecule has 0 atom stereocenters. The van der Waals surface area contributed by atoms with E-state index in [4.69, 9.17) is 0 Å². The highest BCUT2D eigenvalue weighted by Gasteiger charge is 2.07. The second-order valence-electron chi connectivity index (χ2n) is 4.02. The number of nitrogens with zero attached hydrogens (tertiary/aromatic N) is 1. The van der Waals surface area contributed by atoms with E-state index in [2.05, 4.69) is 29.2 Å². The van der Waals surface area contributed by atoms with Gasteiger partial charge >= 0.3 is 0 Å². The molecule has 0 amide bonds. The molecule has 0 saturated heterocycles. The second kappa shape index (κ2) is 4.70. The van der Waals surface area contributed by atoms with Crippen LogP contribution in [0.1, 0.15) is 5.01 Å². The first-order chi connectivity index (χ1) is 8.88. The number of aldehydes is 1. The zero-order valence-electron chi connectivity index (χ0n) is 9.67. The quantitative estimate of drug-likeness (QED) is 0.666. The predicted octanol–water partition coefficient (Wildman–Crippen LogP) is 3.70. The lowest BCUT2D eigenvalue weighted by Crippen LogP contribution is -1.85. The van der Waals surface area contributed by atoms with Gasteiger partial charge in [0.1, 0.15) is 11.3 Å². The fourth-order valence-electron chi connectivity index (χ4n) is 2.05. The van der Waals surface area contributed by atoms with Crippen LogP contribution in [0.25, 0.3) is 22.0 Å². The lowest BCUT2D eigenvalue weighted by molar-refractivity contribution is -0.107. The van der Waals surface area contributed by atoms with Crippen molar-refractivity contribution >= 4 is 28.4 Å². The molecule has 88 valence electrons. The van der Waals surface area contributed by atoms with Crippen LogP contribution in [0.3, 0.4) is 0 Å². The summed E-state index contributed by atoms with van der Waals surface area (Å²) in [5.74, 6) is 0. The molecule has 3 rings (SSSR count). The van der Waals surface area contributed by atoms with Crippen LogP contribution >= 0.6 is 11.3 Å². The molecule has 1 heterocycles. The largest absolute Gasteiger partial charge is 0.303 e. The van der Waals surface area contributed by atoms with E-state index in [-0.39, 0.29) is 0 Å². The average Bonchev–Trinajstić information content (AvgIpc) is 2.87. The van der Waals surface area contributed by atoms with E-state index in [1.807, 2.05) is 23.6 Å². The van der Waals surface area contributed by atoms with Gasteiger partial charge in [-0.2, -0.15) is 0 Å². The number of fused-ring (bicyclic) bond motifs is 1. The Bertz CT molecular complexity index is 697. The van der Waals surface area contributed by atoms with Crippen molar-refractivity contribution in [2.75, 3.05) is 0 Å². The molecule has 1 aromatic heterocycles. The summed E-state index contributed by atoms with van der Waals surface area (Å²) in [6, 6.07) is 14.5. The summed E-state index contributed by atoms with van der Waals surface area (Å²) in [7, 11) is 0. The van der Waals surface area contributed by atoms with E-state index in [1.54, 1.807) is 0 Å². The summed E-state index contributed by atoms with van der Waals surface area (Å²) >= 11 is 1.54. The van der Waals surface area contributed by atoms with E-state index < -0.39 is 0 Å². The predicted molar refractivity (Wildman–Crippen MR) is 74.8 cm³/mol. The maximum atomic E-state index is 10.5. The number of aromatic nitrogens is 1. The lowest BCUT2D eigenvalue weighted by atomic mass is 10.0. The number of hydrogen-bond acceptors (Lipinski definition) is 3. The zero-order valence-corrected chi connectivity index (χ0v) is 10.5. The van der Waals surface area contributed by atoms with Crippen LogP contribution in [0.15, 0.2) is 47.8 Å². The van der Waals surface area contributed by atoms with E-state index in [9.17, 15) is 4.79 Å². The van der Waals surface area contributed by atoms with Crippen molar-refractivity contribution in [2.45, 2.75) is 6.42 Å². The van der Waals surface area contributed by atoms with Crippen LogP contribution in [-0.2, 0) is 11.2 Å². The first-order valence-electron chi connectivity index (χ1n) is 5.74. The SMILES string of the molecule is O=CCc1nc(-c2cccc3ccccc23)cs1. The third-order valence-electron chi connectivity index (χ3n) is 2.88. The van der Waals surface area contributed by atoms with Gasteiger partial charge in [-0.05, 0) is 10.8 Å². The van der Waals surface area contributed by atoms with Crippen molar-refractivity contribution < 1.29 is 4.79 Å². The average molecular weight is 253 g/mol. The summed E-state index contributed by atoms with van der Waals surface area (Å²) in [6.07, 6.45) is 1.29. The highest BCUT2D eigenvalue weighted by molar-refractivity contribution is 7.10. The van der Waals surface area contributed by atoms with E-state index in [0.717, 1.165) is 22.6 Å². The van der Waals surface area contributed by atoms with Gasteiger partial charge in [0, 0.05) is 10.9 Å². The summed E-state index contributed by atoms with van der Waals surface area (Å²) in [5, 5.41) is 5.29. The minimum absolute atomic E-state index is 0.398. The molecular formula is C15H11NOS. The molecule has 3 aromatic rings.